The molecule has 30 heavy (non-hydrogen) atoms. The fourth-order valence-electron chi connectivity index (χ4n) is 2.80. The van der Waals surface area contributed by atoms with E-state index in [1.54, 1.807) is 25.3 Å². The summed E-state index contributed by atoms with van der Waals surface area (Å²) in [7, 11) is 1.59. The van der Waals surface area contributed by atoms with Crippen molar-refractivity contribution in [3.8, 4) is 11.5 Å². The molecule has 0 heterocycles. The van der Waals surface area contributed by atoms with Crippen molar-refractivity contribution in [1.29, 1.82) is 0 Å². The average Bonchev–Trinajstić information content (AvgIpc) is 2.75. The Balaban J connectivity index is 1.76. The molecule has 154 valence electrons. The highest BCUT2D eigenvalue weighted by molar-refractivity contribution is 9.10. The molecule has 0 aliphatic heterocycles. The van der Waals surface area contributed by atoms with Crippen molar-refractivity contribution in [2.75, 3.05) is 12.4 Å². The molecule has 0 atom stereocenters. The third kappa shape index (κ3) is 5.65. The van der Waals surface area contributed by atoms with Crippen LogP contribution in [0.1, 0.15) is 16.7 Å². The Morgan fingerprint density at radius 1 is 1.10 bits per heavy atom. The lowest BCUT2D eigenvalue weighted by atomic mass is 10.1. The van der Waals surface area contributed by atoms with E-state index in [1.807, 2.05) is 55.5 Å². The van der Waals surface area contributed by atoms with Gasteiger partial charge in [-0.15, -0.1) is 0 Å². The second-order valence-corrected chi connectivity index (χ2v) is 7.85. The third-order valence-electron chi connectivity index (χ3n) is 4.47. The van der Waals surface area contributed by atoms with E-state index in [2.05, 4.69) is 21.2 Å². The van der Waals surface area contributed by atoms with Crippen LogP contribution >= 0.6 is 27.5 Å². The van der Waals surface area contributed by atoms with Crippen LogP contribution in [0.4, 0.5) is 5.69 Å². The number of hydrogen-bond acceptors (Lipinski definition) is 3. The molecule has 1 amide bonds. The van der Waals surface area contributed by atoms with Crippen molar-refractivity contribution in [2.45, 2.75) is 13.5 Å². The van der Waals surface area contributed by atoms with Crippen molar-refractivity contribution in [3.63, 3.8) is 0 Å². The van der Waals surface area contributed by atoms with E-state index in [0.717, 1.165) is 21.2 Å². The maximum absolute atomic E-state index is 12.4. The first-order chi connectivity index (χ1) is 14.5. The van der Waals surface area contributed by atoms with Gasteiger partial charge in [-0.25, -0.2) is 0 Å². The Morgan fingerprint density at radius 2 is 1.83 bits per heavy atom. The molecule has 0 bridgehead atoms. The number of benzene rings is 3. The van der Waals surface area contributed by atoms with Crippen molar-refractivity contribution in [2.24, 2.45) is 0 Å². The fraction of sp³-hybridized carbons (Fsp3) is 0.125. The largest absolute Gasteiger partial charge is 0.493 e. The number of ether oxygens (including phenoxy) is 2. The summed E-state index contributed by atoms with van der Waals surface area (Å²) in [5.41, 5.74) is 3.26. The molecule has 0 fully saturated rings. The number of amides is 1. The molecule has 0 aliphatic rings. The highest BCUT2D eigenvalue weighted by Crippen LogP contribution is 2.33. The zero-order chi connectivity index (χ0) is 21.5. The minimum Gasteiger partial charge on any atom is -0.493 e. The van der Waals surface area contributed by atoms with Crippen LogP contribution in [0, 0.1) is 6.92 Å². The van der Waals surface area contributed by atoms with Gasteiger partial charge < -0.3 is 14.8 Å². The number of hydrogen-bond donors (Lipinski definition) is 1. The summed E-state index contributed by atoms with van der Waals surface area (Å²) in [4.78, 5) is 12.4. The molecule has 0 spiro atoms. The zero-order valence-electron chi connectivity index (χ0n) is 16.6. The van der Waals surface area contributed by atoms with Gasteiger partial charge in [-0.2, -0.15) is 0 Å². The maximum atomic E-state index is 12.4. The van der Waals surface area contributed by atoms with E-state index in [9.17, 15) is 4.79 Å². The summed E-state index contributed by atoms with van der Waals surface area (Å²) in [5, 5.41) is 3.45. The highest BCUT2D eigenvalue weighted by Gasteiger charge is 2.10. The Kier molecular flexibility index (Phi) is 7.55. The van der Waals surface area contributed by atoms with Crippen LogP contribution in [-0.4, -0.2) is 13.0 Å². The van der Waals surface area contributed by atoms with E-state index < -0.39 is 0 Å². The fourth-order valence-corrected chi connectivity index (χ4v) is 3.24. The molecule has 0 unspecified atom stereocenters. The van der Waals surface area contributed by atoms with Gasteiger partial charge in [-0.3, -0.25) is 4.79 Å². The van der Waals surface area contributed by atoms with E-state index >= 15 is 0 Å². The van der Waals surface area contributed by atoms with Crippen LogP contribution in [0.2, 0.25) is 5.02 Å². The molecule has 0 saturated carbocycles. The molecular weight excluding hydrogens is 466 g/mol. The summed E-state index contributed by atoms with van der Waals surface area (Å²) in [5.74, 6) is 0.910. The lowest BCUT2D eigenvalue weighted by Crippen LogP contribution is -2.09. The number of carbonyl (C=O) groups excluding carboxylic acids is 1. The van der Waals surface area contributed by atoms with Gasteiger partial charge in [0.25, 0.3) is 0 Å². The SMILES string of the molecule is COc1cccc(/C=C/C(=O)Nc2cccc(Cl)c2C)c1OCc1ccc(Br)cc1. The highest BCUT2D eigenvalue weighted by atomic mass is 79.9. The number of carbonyl (C=O) groups is 1. The summed E-state index contributed by atoms with van der Waals surface area (Å²) < 4.78 is 12.5. The number of nitrogens with one attached hydrogen (secondary N) is 1. The van der Waals surface area contributed by atoms with Gasteiger partial charge in [0, 0.05) is 26.8 Å². The minimum absolute atomic E-state index is 0.262. The minimum atomic E-state index is -0.262. The Hall–Kier alpha value is -2.76. The first kappa shape index (κ1) is 21.9. The van der Waals surface area contributed by atoms with Gasteiger partial charge in [0.05, 0.1) is 7.11 Å². The average molecular weight is 487 g/mol. The maximum Gasteiger partial charge on any atom is 0.248 e. The quantitative estimate of drug-likeness (QED) is 0.380. The van der Waals surface area contributed by atoms with E-state index in [4.69, 9.17) is 21.1 Å². The third-order valence-corrected chi connectivity index (χ3v) is 5.40. The van der Waals surface area contributed by atoms with Crippen molar-refractivity contribution in [3.05, 3.63) is 92.9 Å². The molecule has 6 heteroatoms. The summed E-state index contributed by atoms with van der Waals surface area (Å²) in [6, 6.07) is 18.8. The molecule has 3 aromatic carbocycles. The van der Waals surface area contributed by atoms with Crippen LogP contribution in [0.3, 0.4) is 0 Å². The number of para-hydroxylation sites is 1. The van der Waals surface area contributed by atoms with Gasteiger partial charge in [0.15, 0.2) is 11.5 Å². The van der Waals surface area contributed by atoms with Crippen LogP contribution in [0.25, 0.3) is 6.08 Å². The number of anilines is 1. The molecular formula is C24H21BrClNO3. The Morgan fingerprint density at radius 3 is 2.57 bits per heavy atom. The van der Waals surface area contributed by atoms with E-state index in [1.165, 1.54) is 6.08 Å². The summed E-state index contributed by atoms with van der Waals surface area (Å²) >= 11 is 9.54. The van der Waals surface area contributed by atoms with Gasteiger partial charge in [0.2, 0.25) is 5.91 Å². The first-order valence-corrected chi connectivity index (χ1v) is 10.4. The van der Waals surface area contributed by atoms with E-state index in [-0.39, 0.29) is 5.91 Å². The monoisotopic (exact) mass is 485 g/mol. The second kappa shape index (κ2) is 10.3. The smallest absolute Gasteiger partial charge is 0.248 e. The number of halogens is 2. The standard InChI is InChI=1S/C24H21BrClNO3/c1-16-20(26)6-4-7-21(16)27-23(28)14-11-18-5-3-8-22(29-2)24(18)30-15-17-9-12-19(25)13-10-17/h3-14H,15H2,1-2H3,(H,27,28)/b14-11+. The van der Waals surface area contributed by atoms with Crippen LogP contribution in [0.15, 0.2) is 71.2 Å². The van der Waals surface area contributed by atoms with Crippen molar-refractivity contribution in [1.82, 2.24) is 0 Å². The normalized spacial score (nSPS) is 10.8. The zero-order valence-corrected chi connectivity index (χ0v) is 19.0. The van der Waals surface area contributed by atoms with Crippen LogP contribution in [-0.2, 0) is 11.4 Å². The van der Waals surface area contributed by atoms with Crippen molar-refractivity contribution < 1.29 is 14.3 Å². The molecule has 1 N–H and O–H groups in total. The van der Waals surface area contributed by atoms with Gasteiger partial charge in [0.1, 0.15) is 6.61 Å². The number of methoxy groups -OCH3 is 1. The lowest BCUT2D eigenvalue weighted by molar-refractivity contribution is -0.111. The van der Waals surface area contributed by atoms with Crippen LogP contribution in [0.5, 0.6) is 11.5 Å². The van der Waals surface area contributed by atoms with Gasteiger partial charge >= 0.3 is 0 Å². The van der Waals surface area contributed by atoms with Crippen LogP contribution < -0.4 is 14.8 Å². The summed E-state index contributed by atoms with van der Waals surface area (Å²) in [6.07, 6.45) is 3.16. The Labute approximate surface area is 189 Å². The molecule has 3 rings (SSSR count). The van der Waals surface area contributed by atoms with Gasteiger partial charge in [-0.05, 0) is 54.5 Å². The molecule has 4 nitrogen and oxygen atoms in total. The molecule has 0 aliphatic carbocycles. The molecule has 0 radical (unpaired) electrons. The predicted molar refractivity (Wildman–Crippen MR) is 125 cm³/mol. The molecule has 0 saturated heterocycles. The number of rotatable bonds is 7. The predicted octanol–water partition coefficient (Wildman–Crippen LogP) is 6.65. The topological polar surface area (TPSA) is 47.6 Å². The Bertz CT molecular complexity index is 1060. The lowest BCUT2D eigenvalue weighted by Gasteiger charge is -2.13. The molecule has 0 aromatic heterocycles. The second-order valence-electron chi connectivity index (χ2n) is 6.53. The first-order valence-electron chi connectivity index (χ1n) is 9.26. The summed E-state index contributed by atoms with van der Waals surface area (Å²) in [6.45, 7) is 2.24. The van der Waals surface area contributed by atoms with E-state index in [0.29, 0.717) is 28.8 Å². The van der Waals surface area contributed by atoms with Gasteiger partial charge in [-0.1, -0.05) is 57.9 Å². The molecule has 3 aromatic rings. The van der Waals surface area contributed by atoms with Crippen molar-refractivity contribution >= 4 is 45.2 Å².